The zero-order valence-electron chi connectivity index (χ0n) is 15.4. The summed E-state index contributed by atoms with van der Waals surface area (Å²) in [6.07, 6.45) is 2.54. The summed E-state index contributed by atoms with van der Waals surface area (Å²) in [5, 5.41) is 10.8. The van der Waals surface area contributed by atoms with E-state index in [0.717, 1.165) is 54.7 Å². The van der Waals surface area contributed by atoms with Crippen molar-refractivity contribution in [1.29, 1.82) is 0 Å². The van der Waals surface area contributed by atoms with E-state index in [9.17, 15) is 4.79 Å². The van der Waals surface area contributed by atoms with Gasteiger partial charge in [-0.2, -0.15) is 0 Å². The summed E-state index contributed by atoms with van der Waals surface area (Å²) < 4.78 is 0. The predicted octanol–water partition coefficient (Wildman–Crippen LogP) is 2.34. The minimum atomic E-state index is 0.0389. The van der Waals surface area contributed by atoms with Crippen molar-refractivity contribution in [3.05, 3.63) is 30.3 Å². The zero-order valence-corrected chi connectivity index (χ0v) is 16.2. The van der Waals surface area contributed by atoms with Crippen molar-refractivity contribution in [1.82, 2.24) is 20.0 Å². The van der Waals surface area contributed by atoms with Crippen LogP contribution in [0.1, 0.15) is 19.3 Å². The average molecular weight is 372 g/mol. The number of hydrogen-bond donors (Lipinski definition) is 0. The number of hydrogen-bond acceptors (Lipinski definition) is 6. The van der Waals surface area contributed by atoms with Gasteiger partial charge in [0.2, 0.25) is 11.0 Å². The van der Waals surface area contributed by atoms with Gasteiger partial charge < -0.3 is 9.80 Å². The molecule has 26 heavy (non-hydrogen) atoms. The zero-order chi connectivity index (χ0) is 18.1. The van der Waals surface area contributed by atoms with Gasteiger partial charge in [0.1, 0.15) is 5.01 Å². The van der Waals surface area contributed by atoms with Gasteiger partial charge in [0.05, 0.1) is 0 Å². The largest absolute Gasteiger partial charge is 0.346 e. The number of rotatable bonds is 2. The number of aromatic nitrogens is 2. The number of carbonyl (C=O) groups is 1. The molecule has 138 valence electrons. The van der Waals surface area contributed by atoms with E-state index < -0.39 is 0 Å². The van der Waals surface area contributed by atoms with Gasteiger partial charge in [-0.05, 0) is 19.9 Å². The van der Waals surface area contributed by atoms with Crippen LogP contribution in [0, 0.1) is 0 Å². The van der Waals surface area contributed by atoms with E-state index in [2.05, 4.69) is 39.2 Å². The molecule has 0 bridgehead atoms. The Morgan fingerprint density at radius 1 is 1.04 bits per heavy atom. The Labute approximate surface area is 158 Å². The van der Waals surface area contributed by atoms with Gasteiger partial charge in [0.15, 0.2) is 0 Å². The van der Waals surface area contributed by atoms with Crippen LogP contribution in [0.15, 0.2) is 30.3 Å². The lowest BCUT2D eigenvalue weighted by atomic mass is 9.86. The van der Waals surface area contributed by atoms with Crippen molar-refractivity contribution in [3.63, 3.8) is 0 Å². The number of nitrogens with zero attached hydrogens (tertiary/aromatic N) is 5. The first kappa shape index (κ1) is 17.4. The van der Waals surface area contributed by atoms with Crippen molar-refractivity contribution in [2.24, 2.45) is 0 Å². The fourth-order valence-corrected chi connectivity index (χ4v) is 4.84. The summed E-state index contributed by atoms with van der Waals surface area (Å²) in [7, 11) is 4.11. The van der Waals surface area contributed by atoms with Gasteiger partial charge in [-0.25, -0.2) is 0 Å². The molecule has 1 atom stereocenters. The third kappa shape index (κ3) is 3.21. The second kappa shape index (κ2) is 6.96. The molecular weight excluding hydrogens is 346 g/mol. The third-order valence-corrected chi connectivity index (χ3v) is 6.88. The maximum Gasteiger partial charge on any atom is 0.222 e. The summed E-state index contributed by atoms with van der Waals surface area (Å²) in [5.41, 5.74) is 1.15. The van der Waals surface area contributed by atoms with Crippen LogP contribution < -0.4 is 4.90 Å². The van der Waals surface area contributed by atoms with Crippen LogP contribution in [-0.4, -0.2) is 71.7 Å². The van der Waals surface area contributed by atoms with Crippen LogP contribution in [-0.2, 0) is 4.79 Å². The number of amides is 1. The van der Waals surface area contributed by atoms with Crippen LogP contribution in [0.25, 0.3) is 10.6 Å². The highest BCUT2D eigenvalue weighted by molar-refractivity contribution is 7.18. The van der Waals surface area contributed by atoms with Crippen LogP contribution in [0.4, 0.5) is 5.13 Å². The molecule has 0 radical (unpaired) electrons. The lowest BCUT2D eigenvalue weighted by Crippen LogP contribution is -2.61. The summed E-state index contributed by atoms with van der Waals surface area (Å²) >= 11 is 1.66. The van der Waals surface area contributed by atoms with E-state index in [1.807, 2.05) is 30.1 Å². The molecule has 2 aliphatic rings. The SMILES string of the molecule is CN1CCC2(CCC1=O)CN(c1nnc(-c3ccccc3)s1)CCN2C. The predicted molar refractivity (Wildman–Crippen MR) is 104 cm³/mol. The van der Waals surface area contributed by atoms with Gasteiger partial charge >= 0.3 is 0 Å². The molecule has 0 saturated carbocycles. The normalized spacial score (nSPS) is 24.9. The van der Waals surface area contributed by atoms with Crippen LogP contribution in [0.3, 0.4) is 0 Å². The number of benzene rings is 1. The molecule has 0 aliphatic carbocycles. The Morgan fingerprint density at radius 3 is 2.65 bits per heavy atom. The topological polar surface area (TPSA) is 52.6 Å². The summed E-state index contributed by atoms with van der Waals surface area (Å²) in [6.45, 7) is 3.67. The molecule has 2 aliphatic heterocycles. The maximum absolute atomic E-state index is 12.1. The Balaban J connectivity index is 1.55. The smallest absolute Gasteiger partial charge is 0.222 e. The van der Waals surface area contributed by atoms with Gasteiger partial charge in [0, 0.05) is 50.7 Å². The van der Waals surface area contributed by atoms with Crippen LogP contribution in [0.5, 0.6) is 0 Å². The summed E-state index contributed by atoms with van der Waals surface area (Å²) in [5.74, 6) is 0.259. The van der Waals surface area contributed by atoms with E-state index in [0.29, 0.717) is 6.42 Å². The minimum absolute atomic E-state index is 0.0389. The molecule has 6 nitrogen and oxygen atoms in total. The lowest BCUT2D eigenvalue weighted by molar-refractivity contribution is -0.129. The molecule has 1 aromatic carbocycles. The Kier molecular flexibility index (Phi) is 4.67. The van der Waals surface area contributed by atoms with Crippen molar-refractivity contribution in [2.45, 2.75) is 24.8 Å². The molecule has 2 fully saturated rings. The highest BCUT2D eigenvalue weighted by Gasteiger charge is 2.42. The average Bonchev–Trinajstić information content (AvgIpc) is 3.12. The Hall–Kier alpha value is -1.99. The van der Waals surface area contributed by atoms with Crippen LogP contribution in [0.2, 0.25) is 0 Å². The molecule has 7 heteroatoms. The van der Waals surface area contributed by atoms with Crippen molar-refractivity contribution in [3.8, 4) is 10.6 Å². The Bertz CT molecular complexity index is 779. The van der Waals surface area contributed by atoms with E-state index in [1.54, 1.807) is 11.3 Å². The molecule has 1 unspecified atom stereocenters. The number of carbonyl (C=O) groups excluding carboxylic acids is 1. The van der Waals surface area contributed by atoms with E-state index in [-0.39, 0.29) is 11.4 Å². The van der Waals surface area contributed by atoms with E-state index in [4.69, 9.17) is 0 Å². The van der Waals surface area contributed by atoms with Crippen LogP contribution >= 0.6 is 11.3 Å². The van der Waals surface area contributed by atoms with Gasteiger partial charge in [-0.1, -0.05) is 41.7 Å². The minimum Gasteiger partial charge on any atom is -0.346 e. The fourth-order valence-electron chi connectivity index (χ4n) is 3.96. The standard InChI is InChI=1S/C19H25N5OS/c1-22-11-10-19(9-8-16(22)25)14-24(13-12-23(19)2)18-21-20-17(26-18)15-6-4-3-5-7-15/h3-7H,8-14H2,1-2H3. The fraction of sp³-hybridized carbons (Fsp3) is 0.526. The number of anilines is 1. The molecule has 1 spiro atoms. The van der Waals surface area contributed by atoms with Crippen molar-refractivity contribution in [2.75, 3.05) is 45.2 Å². The number of likely N-dealkylation sites (tertiary alicyclic amines) is 1. The molecule has 2 saturated heterocycles. The molecule has 4 rings (SSSR count). The third-order valence-electron chi connectivity index (χ3n) is 5.85. The molecule has 1 aromatic heterocycles. The lowest BCUT2D eigenvalue weighted by Gasteiger charge is -2.49. The molecule has 2 aromatic rings. The highest BCUT2D eigenvalue weighted by Crippen LogP contribution is 2.36. The highest BCUT2D eigenvalue weighted by atomic mass is 32.1. The van der Waals surface area contributed by atoms with Gasteiger partial charge in [-0.15, -0.1) is 10.2 Å². The molecule has 3 heterocycles. The first-order chi connectivity index (χ1) is 12.6. The molecular formula is C19H25N5OS. The summed E-state index contributed by atoms with van der Waals surface area (Å²) in [4.78, 5) is 18.8. The maximum atomic E-state index is 12.1. The first-order valence-electron chi connectivity index (χ1n) is 9.16. The monoisotopic (exact) mass is 371 g/mol. The quantitative estimate of drug-likeness (QED) is 0.811. The molecule has 0 N–H and O–H groups in total. The van der Waals surface area contributed by atoms with Gasteiger partial charge in [0.25, 0.3) is 0 Å². The van der Waals surface area contributed by atoms with Crippen molar-refractivity contribution >= 4 is 22.4 Å². The van der Waals surface area contributed by atoms with E-state index in [1.165, 1.54) is 0 Å². The second-order valence-corrected chi connectivity index (χ2v) is 8.34. The van der Waals surface area contributed by atoms with E-state index >= 15 is 0 Å². The summed E-state index contributed by atoms with van der Waals surface area (Å²) in [6, 6.07) is 10.2. The number of likely N-dealkylation sites (N-methyl/N-ethyl adjacent to an activating group) is 1. The van der Waals surface area contributed by atoms with Gasteiger partial charge in [-0.3, -0.25) is 9.69 Å². The first-order valence-corrected chi connectivity index (χ1v) is 9.98. The molecule has 1 amide bonds. The number of piperazine rings is 1. The second-order valence-electron chi connectivity index (χ2n) is 7.39. The van der Waals surface area contributed by atoms with Crippen molar-refractivity contribution < 1.29 is 4.79 Å². The Morgan fingerprint density at radius 2 is 1.85 bits per heavy atom.